The molecule has 11 heteroatoms. The molecule has 0 saturated carbocycles. The van der Waals surface area contributed by atoms with E-state index in [-0.39, 0.29) is 17.9 Å². The van der Waals surface area contributed by atoms with Crippen LogP contribution in [0.5, 0.6) is 11.5 Å². The molecule has 3 aromatic carbocycles. The molecule has 0 aliphatic heterocycles. The predicted molar refractivity (Wildman–Crippen MR) is 147 cm³/mol. The Morgan fingerprint density at radius 3 is 2.29 bits per heavy atom. The summed E-state index contributed by atoms with van der Waals surface area (Å²) in [6, 6.07) is 18.3. The summed E-state index contributed by atoms with van der Waals surface area (Å²) in [5.74, 6) is -0.180. The van der Waals surface area contributed by atoms with E-state index < -0.39 is 17.7 Å². The quantitative estimate of drug-likeness (QED) is 0.0767. The number of alkyl halides is 3. The Morgan fingerprint density at radius 2 is 1.63 bits per heavy atom. The first-order valence-corrected chi connectivity index (χ1v) is 12.4. The summed E-state index contributed by atoms with van der Waals surface area (Å²) < 4.78 is 54.6. The highest BCUT2D eigenvalue weighted by Gasteiger charge is 2.30. The molecular formula is C30H29F3N2O6. The number of oxime groups is 2. The molecule has 0 saturated heterocycles. The number of methoxy groups -OCH3 is 2. The normalized spacial score (nSPS) is 12.5. The Hall–Kier alpha value is -4.80. The molecule has 0 amide bonds. The number of carbonyl (C=O) groups excluding carboxylic acids is 1. The first-order valence-electron chi connectivity index (χ1n) is 12.4. The van der Waals surface area contributed by atoms with Gasteiger partial charge < -0.3 is 23.9 Å². The summed E-state index contributed by atoms with van der Waals surface area (Å²) in [4.78, 5) is 23.1. The standard InChI is InChI=1S/C30H29F3N2O6/c1-5-39-35-28(21-13-15-24(16-14-21)41-25-11-8-10-23(17-25)30(31,32)33)20(2)34-40-18-22-9-6-7-12-26(22)27(19-37-3)29(36)38-4/h6-17,19H,5,18H2,1-4H3. The van der Waals surface area contributed by atoms with E-state index in [0.29, 0.717) is 40.5 Å². The summed E-state index contributed by atoms with van der Waals surface area (Å²) in [7, 11) is 2.71. The molecule has 0 atom stereocenters. The molecule has 3 rings (SSSR count). The van der Waals surface area contributed by atoms with E-state index in [1.807, 2.05) is 0 Å². The van der Waals surface area contributed by atoms with Gasteiger partial charge >= 0.3 is 12.1 Å². The molecule has 216 valence electrons. The lowest BCUT2D eigenvalue weighted by atomic mass is 10.0. The Kier molecular flexibility index (Phi) is 10.9. The fourth-order valence-corrected chi connectivity index (χ4v) is 3.61. The lowest BCUT2D eigenvalue weighted by molar-refractivity contribution is -0.137. The van der Waals surface area contributed by atoms with Crippen LogP contribution in [-0.2, 0) is 36.7 Å². The molecule has 0 spiro atoms. The molecule has 0 heterocycles. The van der Waals surface area contributed by atoms with Crippen LogP contribution in [0.1, 0.15) is 36.1 Å². The molecule has 0 radical (unpaired) electrons. The minimum absolute atomic E-state index is 0.0250. The first kappa shape index (κ1) is 30.7. The van der Waals surface area contributed by atoms with Crippen molar-refractivity contribution in [3.8, 4) is 11.5 Å². The topological polar surface area (TPSA) is 87.9 Å². The Balaban J connectivity index is 1.78. The van der Waals surface area contributed by atoms with E-state index in [9.17, 15) is 18.0 Å². The Morgan fingerprint density at radius 1 is 0.902 bits per heavy atom. The van der Waals surface area contributed by atoms with E-state index in [1.54, 1.807) is 62.4 Å². The maximum absolute atomic E-state index is 13.0. The van der Waals surface area contributed by atoms with E-state index >= 15 is 0 Å². The molecular weight excluding hydrogens is 541 g/mol. The van der Waals surface area contributed by atoms with Gasteiger partial charge in [-0.05, 0) is 61.9 Å². The molecule has 8 nitrogen and oxygen atoms in total. The van der Waals surface area contributed by atoms with E-state index in [0.717, 1.165) is 12.1 Å². The van der Waals surface area contributed by atoms with Gasteiger partial charge in [-0.2, -0.15) is 13.2 Å². The predicted octanol–water partition coefficient (Wildman–Crippen LogP) is 6.99. The number of carbonyl (C=O) groups is 1. The maximum Gasteiger partial charge on any atom is 0.416 e. The fourth-order valence-electron chi connectivity index (χ4n) is 3.61. The first-order chi connectivity index (χ1) is 19.7. The number of esters is 1. The zero-order valence-electron chi connectivity index (χ0n) is 22.9. The van der Waals surface area contributed by atoms with E-state index in [4.69, 9.17) is 23.9 Å². The van der Waals surface area contributed by atoms with Crippen molar-refractivity contribution in [1.82, 2.24) is 0 Å². The summed E-state index contributed by atoms with van der Waals surface area (Å²) >= 11 is 0. The zero-order chi connectivity index (χ0) is 29.8. The highest BCUT2D eigenvalue weighted by molar-refractivity contribution is 6.47. The number of nitrogens with zero attached hydrogens (tertiary/aromatic N) is 2. The SMILES string of the molecule is CCON=C(C(C)=NOCc1ccccc1C(=COC)C(=O)OC)c1ccc(Oc2cccc(C(F)(F)F)c2)cc1. The van der Waals surface area contributed by atoms with E-state index in [1.165, 1.54) is 32.6 Å². The minimum Gasteiger partial charge on any atom is -0.503 e. The van der Waals surface area contributed by atoms with Gasteiger partial charge in [-0.25, -0.2) is 4.79 Å². The molecule has 0 aromatic heterocycles. The third kappa shape index (κ3) is 8.59. The monoisotopic (exact) mass is 570 g/mol. The van der Waals surface area contributed by atoms with Crippen LogP contribution in [0.15, 0.2) is 89.4 Å². The minimum atomic E-state index is -4.47. The second-order valence-electron chi connectivity index (χ2n) is 8.38. The highest BCUT2D eigenvalue weighted by atomic mass is 19.4. The van der Waals surface area contributed by atoms with Crippen molar-refractivity contribution in [1.29, 1.82) is 0 Å². The van der Waals surface area contributed by atoms with Gasteiger partial charge in [-0.3, -0.25) is 0 Å². The highest BCUT2D eigenvalue weighted by Crippen LogP contribution is 2.32. The van der Waals surface area contributed by atoms with Gasteiger partial charge in [-0.15, -0.1) is 0 Å². The van der Waals surface area contributed by atoms with Crippen molar-refractivity contribution in [3.63, 3.8) is 0 Å². The number of hydrogen-bond acceptors (Lipinski definition) is 8. The van der Waals surface area contributed by atoms with Gasteiger partial charge in [0.1, 0.15) is 41.7 Å². The van der Waals surface area contributed by atoms with Crippen molar-refractivity contribution in [3.05, 3.63) is 101 Å². The molecule has 0 N–H and O–H groups in total. The molecule has 0 unspecified atom stereocenters. The maximum atomic E-state index is 13.0. The largest absolute Gasteiger partial charge is 0.503 e. The second kappa shape index (κ2) is 14.5. The lowest BCUT2D eigenvalue weighted by Gasteiger charge is -2.12. The van der Waals surface area contributed by atoms with Crippen molar-refractivity contribution in [2.45, 2.75) is 26.6 Å². The molecule has 0 aliphatic rings. The summed E-state index contributed by atoms with van der Waals surface area (Å²) in [6.45, 7) is 3.79. The third-order valence-electron chi connectivity index (χ3n) is 5.52. The average molecular weight is 571 g/mol. The number of benzene rings is 3. The summed E-state index contributed by atoms with van der Waals surface area (Å²) in [5, 5.41) is 8.33. The number of hydrogen-bond donors (Lipinski definition) is 0. The Labute approximate surface area is 235 Å². The van der Waals surface area contributed by atoms with Crippen molar-refractivity contribution >= 4 is 23.0 Å². The van der Waals surface area contributed by atoms with Crippen LogP contribution in [-0.4, -0.2) is 38.2 Å². The van der Waals surface area contributed by atoms with Crippen molar-refractivity contribution in [2.24, 2.45) is 10.3 Å². The lowest BCUT2D eigenvalue weighted by Crippen LogP contribution is -2.14. The van der Waals surface area contributed by atoms with E-state index in [2.05, 4.69) is 10.3 Å². The Bertz CT molecular complexity index is 1420. The van der Waals surface area contributed by atoms with Gasteiger partial charge in [0.15, 0.2) is 0 Å². The smallest absolute Gasteiger partial charge is 0.416 e. The van der Waals surface area contributed by atoms with Crippen LogP contribution in [0.3, 0.4) is 0 Å². The van der Waals surface area contributed by atoms with Crippen molar-refractivity contribution in [2.75, 3.05) is 20.8 Å². The number of rotatable bonds is 12. The molecule has 41 heavy (non-hydrogen) atoms. The fraction of sp³-hybridized carbons (Fsp3) is 0.233. The van der Waals surface area contributed by atoms with Crippen LogP contribution in [0.25, 0.3) is 5.57 Å². The van der Waals surface area contributed by atoms with Crippen LogP contribution in [0, 0.1) is 0 Å². The van der Waals surface area contributed by atoms with Gasteiger partial charge in [0.2, 0.25) is 0 Å². The van der Waals surface area contributed by atoms with Crippen molar-refractivity contribution < 1.29 is 41.9 Å². The second-order valence-corrected chi connectivity index (χ2v) is 8.38. The van der Waals surface area contributed by atoms with Crippen LogP contribution in [0.4, 0.5) is 13.2 Å². The summed E-state index contributed by atoms with van der Waals surface area (Å²) in [5.41, 5.74) is 2.02. The van der Waals surface area contributed by atoms with Crippen LogP contribution < -0.4 is 4.74 Å². The van der Waals surface area contributed by atoms with Crippen LogP contribution >= 0.6 is 0 Å². The number of ether oxygens (including phenoxy) is 3. The third-order valence-corrected chi connectivity index (χ3v) is 5.52. The van der Waals surface area contributed by atoms with Gasteiger partial charge in [0.05, 0.1) is 26.0 Å². The number of halogens is 3. The van der Waals surface area contributed by atoms with Gasteiger partial charge in [0.25, 0.3) is 0 Å². The van der Waals surface area contributed by atoms with Crippen LogP contribution in [0.2, 0.25) is 0 Å². The molecule has 0 aliphatic carbocycles. The van der Waals surface area contributed by atoms with Gasteiger partial charge in [-0.1, -0.05) is 40.6 Å². The molecule has 0 fully saturated rings. The molecule has 0 bridgehead atoms. The zero-order valence-corrected chi connectivity index (χ0v) is 22.9. The summed E-state index contributed by atoms with van der Waals surface area (Å²) in [6.07, 6.45) is -3.18. The average Bonchev–Trinajstić information content (AvgIpc) is 2.96. The van der Waals surface area contributed by atoms with Gasteiger partial charge in [0, 0.05) is 11.1 Å². The molecule has 3 aromatic rings.